The summed E-state index contributed by atoms with van der Waals surface area (Å²) >= 11 is 1.47. The molecule has 0 spiro atoms. The van der Waals surface area contributed by atoms with Gasteiger partial charge in [-0.25, -0.2) is 19.6 Å². The first kappa shape index (κ1) is 39.8. The number of hydrogen-bond acceptors (Lipinski definition) is 11. The van der Waals surface area contributed by atoms with E-state index in [1.807, 2.05) is 49.6 Å². The van der Waals surface area contributed by atoms with Crippen molar-refractivity contribution in [3.05, 3.63) is 41.8 Å². The molecule has 4 atom stereocenters. The number of allylic oxidation sites excluding steroid dienone is 2. The maximum absolute atomic E-state index is 14.5. The highest BCUT2D eigenvalue weighted by molar-refractivity contribution is 7.14. The van der Waals surface area contributed by atoms with Crippen molar-refractivity contribution in [1.82, 2.24) is 25.5 Å². The lowest BCUT2D eigenvalue weighted by Crippen LogP contribution is -2.55. The number of benzene rings is 1. The van der Waals surface area contributed by atoms with Gasteiger partial charge >= 0.3 is 12.1 Å². The van der Waals surface area contributed by atoms with E-state index in [9.17, 15) is 24.3 Å². The number of thiazole rings is 1. The summed E-state index contributed by atoms with van der Waals surface area (Å²) in [4.78, 5) is 65.0. The van der Waals surface area contributed by atoms with Gasteiger partial charge in [0.1, 0.15) is 47.5 Å². The molecule has 2 aromatic heterocycles. The maximum atomic E-state index is 14.5. The number of carbonyl (C=O) groups excluding carboxylic acids is 3. The molecule has 15 heteroatoms. The van der Waals surface area contributed by atoms with Crippen LogP contribution < -0.4 is 25.4 Å². The van der Waals surface area contributed by atoms with Crippen molar-refractivity contribution in [2.45, 2.75) is 127 Å². The Bertz CT molecular complexity index is 1860. The molecule has 0 unspecified atom stereocenters. The summed E-state index contributed by atoms with van der Waals surface area (Å²) in [5.41, 5.74) is 1.84. The minimum Gasteiger partial charge on any atom is -0.497 e. The number of ether oxygens (including phenoxy) is 3. The SMILES string of the molecule is COc1ccc2c(O[C@@H]3C[C@H]4C(=O)N[C@@H](C(=O)O)CCC=CCCCCC[C@H](NC(=O)OC5CCCC5)C(=O)N4C3)cc(-c3csc(NC(C)C)n3)nc2c1. The van der Waals surface area contributed by atoms with Crippen LogP contribution in [0.1, 0.15) is 90.9 Å². The molecule has 6 rings (SSSR count). The number of anilines is 1. The number of hydrogen-bond donors (Lipinski definition) is 4. The molecule has 2 fully saturated rings. The first-order valence-corrected chi connectivity index (χ1v) is 20.3. The fourth-order valence-corrected chi connectivity index (χ4v) is 8.25. The largest absolute Gasteiger partial charge is 0.497 e. The smallest absolute Gasteiger partial charge is 0.408 e. The van der Waals surface area contributed by atoms with Gasteiger partial charge in [0.2, 0.25) is 11.8 Å². The molecule has 0 bridgehead atoms. The zero-order chi connectivity index (χ0) is 38.9. The van der Waals surface area contributed by atoms with Gasteiger partial charge in [0.05, 0.1) is 24.9 Å². The van der Waals surface area contributed by atoms with Gasteiger partial charge in [0, 0.05) is 35.4 Å². The Hall–Kier alpha value is -4.92. The minimum absolute atomic E-state index is 0.0295. The number of rotatable bonds is 9. The number of fused-ring (bicyclic) bond motifs is 2. The van der Waals surface area contributed by atoms with Crippen molar-refractivity contribution in [2.24, 2.45) is 0 Å². The third-order valence-electron chi connectivity index (χ3n) is 10.2. The number of carboxylic acid groups (broad SMARTS) is 1. The van der Waals surface area contributed by atoms with Crippen molar-refractivity contribution < 1.29 is 38.5 Å². The molecule has 55 heavy (non-hydrogen) atoms. The summed E-state index contributed by atoms with van der Waals surface area (Å²) in [7, 11) is 1.58. The minimum atomic E-state index is -1.15. The number of methoxy groups -OCH3 is 1. The van der Waals surface area contributed by atoms with Gasteiger partial charge in [-0.3, -0.25) is 9.59 Å². The van der Waals surface area contributed by atoms with Crippen LogP contribution in [0.5, 0.6) is 11.5 Å². The summed E-state index contributed by atoms with van der Waals surface area (Å²) in [6, 6.07) is 4.34. The Morgan fingerprint density at radius 3 is 2.51 bits per heavy atom. The predicted molar refractivity (Wildman–Crippen MR) is 209 cm³/mol. The van der Waals surface area contributed by atoms with E-state index >= 15 is 0 Å². The number of aromatic nitrogens is 2. The molecule has 1 saturated carbocycles. The molecular weight excluding hydrogens is 725 g/mol. The second-order valence-electron chi connectivity index (χ2n) is 14.8. The van der Waals surface area contributed by atoms with Gasteiger partial charge in [-0.1, -0.05) is 25.0 Å². The number of alkyl carbamates (subject to hydrolysis) is 1. The summed E-state index contributed by atoms with van der Waals surface area (Å²) in [5, 5.41) is 22.2. The lowest BCUT2D eigenvalue weighted by Gasteiger charge is -2.29. The van der Waals surface area contributed by atoms with Crippen LogP contribution in [0.2, 0.25) is 0 Å². The van der Waals surface area contributed by atoms with E-state index in [0.29, 0.717) is 53.1 Å². The number of nitrogens with one attached hydrogen (secondary N) is 3. The molecule has 2 aliphatic heterocycles. The summed E-state index contributed by atoms with van der Waals surface area (Å²) in [6.07, 6.45) is 10.4. The molecule has 3 amide bonds. The van der Waals surface area contributed by atoms with Crippen LogP contribution in [0.25, 0.3) is 22.3 Å². The summed E-state index contributed by atoms with van der Waals surface area (Å²) in [6.45, 7) is 4.10. The van der Waals surface area contributed by atoms with E-state index < -0.39 is 48.1 Å². The summed E-state index contributed by atoms with van der Waals surface area (Å²) < 4.78 is 17.9. The summed E-state index contributed by atoms with van der Waals surface area (Å²) in [5.74, 6) is -1.09. The van der Waals surface area contributed by atoms with Crippen LogP contribution in [0.15, 0.2) is 41.8 Å². The number of carboxylic acids is 1. The highest BCUT2D eigenvalue weighted by Crippen LogP contribution is 2.36. The van der Waals surface area contributed by atoms with Crippen LogP contribution >= 0.6 is 11.3 Å². The first-order valence-electron chi connectivity index (χ1n) is 19.4. The van der Waals surface area contributed by atoms with E-state index in [0.717, 1.165) is 50.1 Å². The van der Waals surface area contributed by atoms with Crippen LogP contribution in [-0.2, 0) is 19.1 Å². The Kier molecular flexibility index (Phi) is 13.5. The van der Waals surface area contributed by atoms with Gasteiger partial charge in [0.25, 0.3) is 0 Å². The van der Waals surface area contributed by atoms with Crippen LogP contribution in [0.3, 0.4) is 0 Å². The number of nitrogens with zero attached hydrogens (tertiary/aromatic N) is 3. The van der Waals surface area contributed by atoms with Crippen molar-refractivity contribution in [3.63, 3.8) is 0 Å². The van der Waals surface area contributed by atoms with E-state index in [4.69, 9.17) is 24.2 Å². The third-order valence-corrected chi connectivity index (χ3v) is 11.0. The monoisotopic (exact) mass is 776 g/mol. The van der Waals surface area contributed by atoms with Crippen molar-refractivity contribution in [3.8, 4) is 22.9 Å². The van der Waals surface area contributed by atoms with Gasteiger partial charge in [0.15, 0.2) is 5.13 Å². The quantitative estimate of drug-likeness (QED) is 0.176. The average molecular weight is 777 g/mol. The van der Waals surface area contributed by atoms with E-state index in [2.05, 4.69) is 16.0 Å². The molecule has 1 saturated heterocycles. The van der Waals surface area contributed by atoms with Crippen LogP contribution in [0, 0.1) is 0 Å². The molecule has 3 aliphatic rings. The maximum Gasteiger partial charge on any atom is 0.408 e. The molecule has 3 aromatic rings. The number of carbonyl (C=O) groups is 4. The van der Waals surface area contributed by atoms with Gasteiger partial charge < -0.3 is 40.2 Å². The normalized spacial score (nSPS) is 23.0. The lowest BCUT2D eigenvalue weighted by atomic mass is 10.0. The molecule has 0 radical (unpaired) electrons. The topological polar surface area (TPSA) is 181 Å². The molecule has 296 valence electrons. The van der Waals surface area contributed by atoms with Gasteiger partial charge in [-0.15, -0.1) is 11.3 Å². The van der Waals surface area contributed by atoms with Gasteiger partial charge in [-0.2, -0.15) is 0 Å². The van der Waals surface area contributed by atoms with Crippen molar-refractivity contribution >= 4 is 51.2 Å². The molecular formula is C40H52N6O8S. The molecule has 14 nitrogen and oxygen atoms in total. The first-order chi connectivity index (χ1) is 26.6. The standard InChI is InChI=1S/C40H52N6O8S/c1-24(2)41-39-44-33(23-55-39)32-21-35(28-18-17-26(52-3)19-31(28)42-32)53-27-20-34-36(47)43-30(38(49)50)16-10-8-6-4-5-7-9-15-29(37(48)46(34)22-27)45-40(51)54-25-13-11-12-14-25/h6,8,17-19,21,23-25,27,29-30,34H,4-5,7,9-16,20,22H2,1-3H3,(H,41,44)(H,43,47)(H,45,51)(H,49,50)/t27-,29+,30-,34+/m1/s1. The number of aliphatic carboxylic acids is 1. The Morgan fingerprint density at radius 2 is 1.75 bits per heavy atom. The third kappa shape index (κ3) is 10.4. The Morgan fingerprint density at radius 1 is 0.964 bits per heavy atom. The predicted octanol–water partition coefficient (Wildman–Crippen LogP) is 6.44. The van der Waals surface area contributed by atoms with Gasteiger partial charge in [-0.05, 0) is 83.8 Å². The van der Waals surface area contributed by atoms with Crippen molar-refractivity contribution in [1.29, 1.82) is 0 Å². The highest BCUT2D eigenvalue weighted by Gasteiger charge is 2.44. The molecule has 4 heterocycles. The zero-order valence-corrected chi connectivity index (χ0v) is 32.6. The number of amides is 3. The average Bonchev–Trinajstić information content (AvgIpc) is 3.94. The Labute approximate surface area is 325 Å². The van der Waals surface area contributed by atoms with E-state index in [-0.39, 0.29) is 31.5 Å². The molecule has 1 aromatic carbocycles. The van der Waals surface area contributed by atoms with Crippen LogP contribution in [0.4, 0.5) is 9.93 Å². The second-order valence-corrected chi connectivity index (χ2v) is 15.7. The van der Waals surface area contributed by atoms with E-state index in [1.54, 1.807) is 13.2 Å². The van der Waals surface area contributed by atoms with E-state index in [1.165, 1.54) is 16.2 Å². The van der Waals surface area contributed by atoms with Crippen molar-refractivity contribution in [2.75, 3.05) is 19.0 Å². The zero-order valence-electron chi connectivity index (χ0n) is 31.8. The highest BCUT2D eigenvalue weighted by atomic mass is 32.1. The fraction of sp³-hybridized carbons (Fsp3) is 0.550. The lowest BCUT2D eigenvalue weighted by molar-refractivity contribution is -0.144. The number of pyridine rings is 1. The fourth-order valence-electron chi connectivity index (χ4n) is 7.39. The molecule has 4 N–H and O–H groups in total. The Balaban J connectivity index is 1.31. The van der Waals surface area contributed by atoms with Crippen LogP contribution in [-0.4, -0.2) is 93.9 Å². The molecule has 1 aliphatic carbocycles. The second kappa shape index (κ2) is 18.6.